The molecule has 0 aromatic heterocycles. The van der Waals surface area contributed by atoms with E-state index in [1.807, 2.05) is 0 Å². The Hall–Kier alpha value is -1.38. The van der Waals surface area contributed by atoms with Crippen molar-refractivity contribution >= 4 is 0 Å². The van der Waals surface area contributed by atoms with E-state index >= 15 is 0 Å². The van der Waals surface area contributed by atoms with E-state index < -0.39 is 128 Å². The lowest BCUT2D eigenvalue weighted by Gasteiger charge is -2.59. The molecule has 0 bridgehead atoms. The fraction of sp³-hybridized carbons (Fsp3) is 0.917. The molecule has 3 heterocycles. The summed E-state index contributed by atoms with van der Waals surface area (Å²) >= 11 is 0. The minimum atomic E-state index is -2.72. The third-order valence-electron chi connectivity index (χ3n) is 8.43. The van der Waals surface area contributed by atoms with Crippen molar-refractivity contribution in [1.29, 1.82) is 0 Å². The molecule has 0 amide bonds. The number of rotatable bonds is 12. The molecular weight excluding hydrogens is 600 g/mol. The van der Waals surface area contributed by atoms with Crippen LogP contribution in [-0.2, 0) is 28.4 Å². The van der Waals surface area contributed by atoms with Crippen LogP contribution in [0.4, 0.5) is 0 Å². The summed E-state index contributed by atoms with van der Waals surface area (Å²) < 4.78 is 32.7. The Morgan fingerprint density at radius 1 is 0.841 bits per heavy atom. The molecule has 44 heavy (non-hydrogen) atoms. The molecular formula is C24H47N4O16+. The van der Waals surface area contributed by atoms with Crippen molar-refractivity contribution in [2.45, 2.75) is 91.2 Å². The standard InChI is InChI=1S/C24H46N4O16/c1-9(33)43-23(8-32)24(38,28(2,3)4-5-29)19(36)14(27)22(44-23)42-18-11(7-31)40-21(13(26)16(18)35)41-17-10(6-30)39-20(37)12(25)15(17)34/h10-22,29-32,34-38H,1,4-8,25-27H2,2-3H3/p+1/t10-,11-,12-,13-,14-,15-,16-,17?,18?,19-,20-,21+,22+,23+,24+/m1/s1. The molecule has 0 aliphatic carbocycles. The largest absolute Gasteiger partial charge is 0.481 e. The second-order valence-electron chi connectivity index (χ2n) is 11.6. The topological polar surface area (TPSA) is 336 Å². The Bertz CT molecular complexity index is 965. The Balaban J connectivity index is 1.89. The van der Waals surface area contributed by atoms with Crippen LogP contribution in [0.2, 0.25) is 0 Å². The molecule has 0 radical (unpaired) electrons. The third kappa shape index (κ3) is 6.43. The smallest absolute Gasteiger partial charge is 0.324 e. The van der Waals surface area contributed by atoms with Gasteiger partial charge in [0.05, 0.1) is 52.0 Å². The fourth-order valence-corrected chi connectivity index (χ4v) is 5.79. The van der Waals surface area contributed by atoms with Gasteiger partial charge in [0.2, 0.25) is 0 Å². The molecule has 3 aliphatic rings. The zero-order valence-corrected chi connectivity index (χ0v) is 24.3. The van der Waals surface area contributed by atoms with Gasteiger partial charge in [-0.15, -0.1) is 0 Å². The van der Waals surface area contributed by atoms with Crippen molar-refractivity contribution in [3.05, 3.63) is 12.5 Å². The highest BCUT2D eigenvalue weighted by Crippen LogP contribution is 2.45. The van der Waals surface area contributed by atoms with Crippen molar-refractivity contribution in [3.8, 4) is 0 Å². The van der Waals surface area contributed by atoms with Crippen LogP contribution in [0.1, 0.15) is 0 Å². The molecule has 15 atom stereocenters. The van der Waals surface area contributed by atoms with Gasteiger partial charge in [-0.25, -0.2) is 0 Å². The summed E-state index contributed by atoms with van der Waals surface area (Å²) in [6.07, 6.45) is -16.1. The molecule has 0 aromatic rings. The van der Waals surface area contributed by atoms with E-state index in [0.717, 1.165) is 0 Å². The van der Waals surface area contributed by atoms with Crippen LogP contribution < -0.4 is 17.2 Å². The van der Waals surface area contributed by atoms with Crippen LogP contribution in [-0.4, -0.2) is 194 Å². The highest BCUT2D eigenvalue weighted by molar-refractivity contribution is 5.05. The van der Waals surface area contributed by atoms with Gasteiger partial charge in [0.1, 0.15) is 49.8 Å². The van der Waals surface area contributed by atoms with E-state index in [2.05, 4.69) is 6.58 Å². The maximum atomic E-state index is 11.8. The summed E-state index contributed by atoms with van der Waals surface area (Å²) in [5.41, 5.74) is 15.4. The van der Waals surface area contributed by atoms with E-state index in [0.29, 0.717) is 0 Å². The van der Waals surface area contributed by atoms with Gasteiger partial charge in [-0.1, -0.05) is 0 Å². The average Bonchev–Trinajstić information content (AvgIpc) is 2.97. The number of nitrogens with zero attached hydrogens (tertiary/aromatic N) is 1. The summed E-state index contributed by atoms with van der Waals surface area (Å²) in [7, 11) is 2.71. The van der Waals surface area contributed by atoms with E-state index in [9.17, 15) is 51.1 Å². The normalized spacial score (nSPS) is 46.9. The molecule has 0 spiro atoms. The zero-order valence-electron chi connectivity index (χ0n) is 24.3. The SMILES string of the molecule is C=C(O)O[C@@]1(CO)O[C@H](OC2[C@@H](CO)O[C@@H](OC3[C@@H](CO)O[C@@H](O)[C@H](N)[C@H]3O)[C@H](N)[C@H]2O)[C@H](N)[C@@H](O)[C@@]1(O)[N+](C)(C)CCO. The molecule has 20 nitrogen and oxygen atoms in total. The van der Waals surface area contributed by atoms with Crippen molar-refractivity contribution in [3.63, 3.8) is 0 Å². The van der Waals surface area contributed by atoms with E-state index in [1.165, 1.54) is 14.1 Å². The van der Waals surface area contributed by atoms with Crippen molar-refractivity contribution in [2.75, 3.05) is 47.1 Å². The van der Waals surface area contributed by atoms with Crippen LogP contribution in [0.25, 0.3) is 0 Å². The number of quaternary nitrogens is 1. The minimum Gasteiger partial charge on any atom is -0.481 e. The summed E-state index contributed by atoms with van der Waals surface area (Å²) in [4.78, 5) is 0. The lowest BCUT2D eigenvalue weighted by atomic mass is 9.84. The summed E-state index contributed by atoms with van der Waals surface area (Å²) in [5.74, 6) is -3.76. The van der Waals surface area contributed by atoms with Crippen molar-refractivity contribution in [1.82, 2.24) is 0 Å². The van der Waals surface area contributed by atoms with Crippen LogP contribution >= 0.6 is 0 Å². The molecule has 3 saturated heterocycles. The van der Waals surface area contributed by atoms with Gasteiger partial charge < -0.3 is 92.0 Å². The first-order valence-electron chi connectivity index (χ1n) is 13.8. The van der Waals surface area contributed by atoms with Gasteiger partial charge in [-0.3, -0.25) is 9.22 Å². The van der Waals surface area contributed by atoms with E-state index in [-0.39, 0.29) is 6.54 Å². The summed E-state index contributed by atoms with van der Waals surface area (Å²) in [5, 5.41) is 104. The monoisotopic (exact) mass is 647 g/mol. The molecule has 258 valence electrons. The number of ether oxygens (including phenoxy) is 6. The van der Waals surface area contributed by atoms with Crippen LogP contribution in [0.15, 0.2) is 12.5 Å². The Morgan fingerprint density at radius 3 is 1.86 bits per heavy atom. The molecule has 0 aromatic carbocycles. The van der Waals surface area contributed by atoms with Crippen LogP contribution in [0, 0.1) is 0 Å². The first-order chi connectivity index (χ1) is 20.5. The number of aliphatic hydroxyl groups is 10. The first kappa shape index (κ1) is 37.1. The van der Waals surface area contributed by atoms with Gasteiger partial charge >= 0.3 is 5.79 Å². The number of likely N-dealkylation sites (N-methyl/N-ethyl adjacent to an activating group) is 1. The van der Waals surface area contributed by atoms with Crippen LogP contribution in [0.5, 0.6) is 0 Å². The average molecular weight is 648 g/mol. The number of nitrogens with two attached hydrogens (primary N) is 3. The van der Waals surface area contributed by atoms with Crippen molar-refractivity contribution < 1.29 is 84.0 Å². The Morgan fingerprint density at radius 2 is 1.36 bits per heavy atom. The zero-order chi connectivity index (χ0) is 33.4. The van der Waals surface area contributed by atoms with E-state index in [4.69, 9.17) is 45.6 Å². The Kier molecular flexibility index (Phi) is 11.9. The van der Waals surface area contributed by atoms with Gasteiger partial charge in [0.15, 0.2) is 25.0 Å². The van der Waals surface area contributed by atoms with Gasteiger partial charge in [0, 0.05) is 0 Å². The van der Waals surface area contributed by atoms with Gasteiger partial charge in [-0.2, -0.15) is 0 Å². The lowest BCUT2D eigenvalue weighted by molar-refractivity contribution is -0.989. The molecule has 20 heteroatoms. The maximum absolute atomic E-state index is 11.8. The molecule has 3 aliphatic heterocycles. The first-order valence-corrected chi connectivity index (χ1v) is 13.8. The molecule has 0 saturated carbocycles. The predicted molar refractivity (Wildman–Crippen MR) is 142 cm³/mol. The molecule has 3 fully saturated rings. The second-order valence-corrected chi connectivity index (χ2v) is 11.6. The summed E-state index contributed by atoms with van der Waals surface area (Å²) in [6, 6.07) is -4.47. The lowest BCUT2D eigenvalue weighted by Crippen LogP contribution is -2.85. The second kappa shape index (κ2) is 14.2. The maximum Gasteiger partial charge on any atom is 0.324 e. The predicted octanol–water partition coefficient (Wildman–Crippen LogP) is -7.90. The summed E-state index contributed by atoms with van der Waals surface area (Å²) in [6.45, 7) is -0.305. The number of aliphatic hydroxyl groups excluding tert-OH is 9. The molecule has 2 unspecified atom stereocenters. The molecule has 16 N–H and O–H groups in total. The Labute approximate surface area is 252 Å². The number of hydrogen-bond donors (Lipinski definition) is 13. The van der Waals surface area contributed by atoms with Crippen LogP contribution in [0.3, 0.4) is 0 Å². The van der Waals surface area contributed by atoms with Gasteiger partial charge in [0.25, 0.3) is 11.7 Å². The fourth-order valence-electron chi connectivity index (χ4n) is 5.79. The van der Waals surface area contributed by atoms with Crippen molar-refractivity contribution in [2.24, 2.45) is 17.2 Å². The minimum absolute atomic E-state index is 0.224. The van der Waals surface area contributed by atoms with Gasteiger partial charge in [-0.05, 0) is 6.58 Å². The number of hydrogen-bond acceptors (Lipinski definition) is 19. The molecule has 3 rings (SSSR count). The highest BCUT2D eigenvalue weighted by Gasteiger charge is 2.74. The highest BCUT2D eigenvalue weighted by atomic mass is 16.8. The van der Waals surface area contributed by atoms with E-state index in [1.54, 1.807) is 0 Å². The third-order valence-corrected chi connectivity index (χ3v) is 8.43. The quantitative estimate of drug-likeness (QED) is 0.0531.